The van der Waals surface area contributed by atoms with E-state index in [1.165, 1.54) is 16.7 Å². The second-order valence-electron chi connectivity index (χ2n) is 16.2. The number of fused-ring (bicyclic) bond motifs is 1. The van der Waals surface area contributed by atoms with Gasteiger partial charge in [0, 0.05) is 33.3 Å². The van der Waals surface area contributed by atoms with Gasteiger partial charge in [-0.25, -0.2) is 9.98 Å². The lowest BCUT2D eigenvalue weighted by atomic mass is 9.72. The highest BCUT2D eigenvalue weighted by atomic mass is 31.2. The minimum absolute atomic E-state index is 0.0678. The smallest absolute Gasteiger partial charge is 0.173 e. The Morgan fingerprint density at radius 3 is 2.10 bits per heavy atom. The molecule has 0 spiro atoms. The average Bonchev–Trinajstić information content (AvgIpc) is 3.29. The lowest BCUT2D eigenvalue weighted by molar-refractivity contribution is 0.548. The molecular formula is C53H47N4OP. The molecule has 5 aromatic rings. The quantitative estimate of drug-likeness (QED) is 0.159. The first-order valence-corrected chi connectivity index (χ1v) is 22.4. The number of nitrogens with one attached hydrogen (secondary N) is 1. The number of hydrogen-bond donors (Lipinski definition) is 1. The molecule has 0 fully saturated rings. The maximum Gasteiger partial charge on any atom is 0.173 e. The zero-order chi connectivity index (χ0) is 40.6. The summed E-state index contributed by atoms with van der Waals surface area (Å²) in [6.07, 6.45) is 19.0. The van der Waals surface area contributed by atoms with Crippen molar-refractivity contribution in [1.29, 1.82) is 5.26 Å². The van der Waals surface area contributed by atoms with Gasteiger partial charge in [-0.1, -0.05) is 172 Å². The maximum absolute atomic E-state index is 15.7. The number of aliphatic imine (C=N–C) groups is 2. The van der Waals surface area contributed by atoms with Gasteiger partial charge in [0.15, 0.2) is 5.66 Å². The van der Waals surface area contributed by atoms with Gasteiger partial charge in [-0.15, -0.1) is 0 Å². The molecule has 0 saturated carbocycles. The van der Waals surface area contributed by atoms with Gasteiger partial charge in [-0.05, 0) is 83.2 Å². The van der Waals surface area contributed by atoms with Crippen molar-refractivity contribution in [2.75, 3.05) is 0 Å². The lowest BCUT2D eigenvalue weighted by Gasteiger charge is -2.33. The van der Waals surface area contributed by atoms with Crippen molar-refractivity contribution in [2.24, 2.45) is 21.8 Å². The van der Waals surface area contributed by atoms with E-state index in [0.29, 0.717) is 10.9 Å². The molecule has 3 aliphatic carbocycles. The van der Waals surface area contributed by atoms with E-state index in [-0.39, 0.29) is 23.4 Å². The highest BCUT2D eigenvalue weighted by molar-refractivity contribution is 7.79. The van der Waals surface area contributed by atoms with E-state index in [4.69, 9.17) is 9.98 Å². The summed E-state index contributed by atoms with van der Waals surface area (Å²) in [6.45, 7) is 6.51. The van der Waals surface area contributed by atoms with E-state index in [2.05, 4.69) is 135 Å². The van der Waals surface area contributed by atoms with Crippen molar-refractivity contribution < 1.29 is 4.57 Å². The minimum atomic E-state index is -3.23. The summed E-state index contributed by atoms with van der Waals surface area (Å²) in [6, 6.07) is 45.9. The molecule has 6 unspecified atom stereocenters. The highest BCUT2D eigenvalue weighted by Gasteiger charge is 2.40. The van der Waals surface area contributed by atoms with Gasteiger partial charge in [-0.3, -0.25) is 0 Å². The summed E-state index contributed by atoms with van der Waals surface area (Å²) in [5.74, 6) is 1.92. The monoisotopic (exact) mass is 786 g/mol. The zero-order valence-electron chi connectivity index (χ0n) is 33.7. The summed E-state index contributed by atoms with van der Waals surface area (Å²) in [5, 5.41) is 15.5. The van der Waals surface area contributed by atoms with Crippen LogP contribution >= 0.6 is 7.14 Å². The average molecular weight is 787 g/mol. The third-order valence-corrected chi connectivity index (χ3v) is 15.9. The number of nitrogens with zero attached hydrogens (tertiary/aromatic N) is 3. The van der Waals surface area contributed by atoms with Crippen molar-refractivity contribution in [3.8, 4) is 6.07 Å². The first-order chi connectivity index (χ1) is 28.7. The summed E-state index contributed by atoms with van der Waals surface area (Å²) >= 11 is 0. The molecule has 1 N–H and O–H groups in total. The largest absolute Gasteiger partial charge is 0.324 e. The zero-order valence-corrected chi connectivity index (χ0v) is 34.6. The minimum Gasteiger partial charge on any atom is -0.324 e. The molecule has 9 rings (SSSR count). The predicted octanol–water partition coefficient (Wildman–Crippen LogP) is 11.0. The van der Waals surface area contributed by atoms with E-state index in [1.54, 1.807) is 0 Å². The van der Waals surface area contributed by atoms with Gasteiger partial charge in [0.25, 0.3) is 0 Å². The molecule has 1 heterocycles. The molecule has 0 saturated heterocycles. The Hall–Kier alpha value is -6.34. The maximum atomic E-state index is 15.7. The van der Waals surface area contributed by atoms with E-state index in [1.807, 2.05) is 72.8 Å². The summed E-state index contributed by atoms with van der Waals surface area (Å²) in [4.78, 5) is 10.5. The summed E-state index contributed by atoms with van der Waals surface area (Å²) < 4.78 is 15.7. The van der Waals surface area contributed by atoms with Crippen LogP contribution in [0.4, 0.5) is 0 Å². The van der Waals surface area contributed by atoms with Crippen LogP contribution in [0, 0.1) is 23.2 Å². The molecule has 6 atom stereocenters. The van der Waals surface area contributed by atoms with E-state index in [0.717, 1.165) is 57.6 Å². The molecule has 0 bridgehead atoms. The van der Waals surface area contributed by atoms with Gasteiger partial charge < -0.3 is 9.88 Å². The van der Waals surface area contributed by atoms with Crippen LogP contribution < -0.4 is 15.9 Å². The van der Waals surface area contributed by atoms with Crippen molar-refractivity contribution >= 4 is 35.0 Å². The summed E-state index contributed by atoms with van der Waals surface area (Å²) in [7, 11) is -3.23. The van der Waals surface area contributed by atoms with Crippen molar-refractivity contribution in [3.63, 3.8) is 0 Å². The van der Waals surface area contributed by atoms with E-state index in [9.17, 15) is 5.26 Å². The number of benzene rings is 5. The Labute approximate surface area is 348 Å². The Balaban J connectivity index is 1.08. The molecule has 0 aromatic heterocycles. The van der Waals surface area contributed by atoms with Crippen LogP contribution in [0.5, 0.6) is 0 Å². The number of hydrogen-bond acceptors (Lipinski definition) is 5. The summed E-state index contributed by atoms with van der Waals surface area (Å²) in [5.41, 5.74) is 8.34. The van der Waals surface area contributed by atoms with Crippen LogP contribution in [-0.4, -0.2) is 23.0 Å². The first-order valence-electron chi connectivity index (χ1n) is 20.6. The van der Waals surface area contributed by atoms with Crippen LogP contribution in [0.15, 0.2) is 192 Å². The Morgan fingerprint density at radius 2 is 1.41 bits per heavy atom. The Morgan fingerprint density at radius 1 is 0.729 bits per heavy atom. The van der Waals surface area contributed by atoms with E-state index >= 15 is 4.57 Å². The standard InChI is InChI=1S/C53H47N4OP/c1-36-17-13-16-26-49(36)59(58,44-22-11-6-12-23-44)45-33-38(35-54)32-42(34-45)48-31-37(2)50(47-25-15-14-24-46(47)48)39-27-29-41(30-28-39)52-55-51(40-18-7-4-8-19-40)56-53(3,57-52)43-20-9-5-10-21-43/h4-9,11-20,22-34,36-37,49-50H,10,21H2,1-3H3,(H,55,56,57). The van der Waals surface area contributed by atoms with Crippen molar-refractivity contribution in [3.05, 3.63) is 221 Å². The van der Waals surface area contributed by atoms with Crippen LogP contribution in [0.3, 0.4) is 0 Å². The van der Waals surface area contributed by atoms with Crippen LogP contribution in [-0.2, 0) is 4.57 Å². The van der Waals surface area contributed by atoms with Gasteiger partial charge in [0.1, 0.15) is 18.8 Å². The topological polar surface area (TPSA) is 77.6 Å². The van der Waals surface area contributed by atoms with Crippen LogP contribution in [0.25, 0.3) is 5.57 Å². The predicted molar refractivity (Wildman–Crippen MR) is 244 cm³/mol. The fourth-order valence-electron chi connectivity index (χ4n) is 9.29. The van der Waals surface area contributed by atoms with Gasteiger partial charge in [0.05, 0.1) is 11.6 Å². The van der Waals surface area contributed by atoms with E-state index < -0.39 is 12.8 Å². The van der Waals surface area contributed by atoms with Crippen LogP contribution in [0.1, 0.15) is 78.5 Å². The van der Waals surface area contributed by atoms with Gasteiger partial charge in [0.2, 0.25) is 0 Å². The number of nitriles is 1. The number of allylic oxidation sites excluding steroid dienone is 8. The second kappa shape index (κ2) is 15.8. The molecule has 0 amide bonds. The SMILES string of the molecule is CC1C=C(c2cc(C#N)cc(P(=O)(c3ccccc3)C3C=CC=CC3C)c2)c2ccccc2C1c1ccc(C2=NC(C)(C3=CC=CCC3)N=C(c3ccccc3)N2)cc1. The third-order valence-electron chi connectivity index (χ3n) is 12.3. The molecule has 6 heteroatoms. The highest BCUT2D eigenvalue weighted by Crippen LogP contribution is 2.54. The molecule has 5 aromatic carbocycles. The van der Waals surface area contributed by atoms with Gasteiger partial charge in [-0.2, -0.15) is 5.26 Å². The molecule has 4 aliphatic rings. The molecule has 0 radical (unpaired) electrons. The molecule has 290 valence electrons. The van der Waals surface area contributed by atoms with Gasteiger partial charge >= 0.3 is 0 Å². The Bertz CT molecular complexity index is 2730. The van der Waals surface area contributed by atoms with Crippen molar-refractivity contribution in [1.82, 2.24) is 5.32 Å². The number of amidine groups is 2. The molecule has 1 aliphatic heterocycles. The fraction of sp³-hybridized carbons (Fsp3) is 0.189. The lowest BCUT2D eigenvalue weighted by Crippen LogP contribution is -2.42. The second-order valence-corrected chi connectivity index (χ2v) is 19.2. The normalized spacial score (nSPS) is 24.3. The number of rotatable bonds is 8. The Kier molecular flexibility index (Phi) is 10.2. The molecular weight excluding hydrogens is 740 g/mol. The fourth-order valence-corrected chi connectivity index (χ4v) is 12.7. The third kappa shape index (κ3) is 7.13. The molecule has 59 heavy (non-hydrogen) atoms. The van der Waals surface area contributed by atoms with Crippen LogP contribution in [0.2, 0.25) is 0 Å². The first kappa shape index (κ1) is 38.2. The molecule has 5 nitrogen and oxygen atoms in total. The van der Waals surface area contributed by atoms with Crippen molar-refractivity contribution in [2.45, 2.75) is 50.9 Å².